The molecule has 0 saturated carbocycles. The van der Waals surface area contributed by atoms with Crippen molar-refractivity contribution in [1.29, 1.82) is 0 Å². The van der Waals surface area contributed by atoms with Crippen molar-refractivity contribution in [2.24, 2.45) is 0 Å². The Labute approximate surface area is 258 Å². The van der Waals surface area contributed by atoms with E-state index in [-0.39, 0.29) is 6.09 Å². The van der Waals surface area contributed by atoms with Crippen LogP contribution in [0.5, 0.6) is 5.75 Å². The van der Waals surface area contributed by atoms with Crippen LogP contribution in [0.2, 0.25) is 0 Å². The summed E-state index contributed by atoms with van der Waals surface area (Å²) in [6, 6.07) is 12.9. The quantitative estimate of drug-likeness (QED) is 0.240. The van der Waals surface area contributed by atoms with Gasteiger partial charge in [0.05, 0.1) is 11.3 Å². The molecule has 1 saturated heterocycles. The predicted molar refractivity (Wildman–Crippen MR) is 175 cm³/mol. The second-order valence-corrected chi connectivity index (χ2v) is 12.5. The third-order valence-corrected chi connectivity index (χ3v) is 8.72. The molecule has 0 aliphatic carbocycles. The second-order valence-electron chi connectivity index (χ2n) is 12.5. The Balaban J connectivity index is 1.70. The molecule has 7 heteroatoms. The lowest BCUT2D eigenvalue weighted by Gasteiger charge is -2.37. The van der Waals surface area contributed by atoms with Crippen molar-refractivity contribution >= 4 is 11.9 Å². The second kappa shape index (κ2) is 13.8. The molecule has 1 amide bonds. The molecular weight excluding hydrogens is 536 g/mol. The van der Waals surface area contributed by atoms with Crippen molar-refractivity contribution in [2.45, 2.75) is 99.7 Å². The van der Waals surface area contributed by atoms with Gasteiger partial charge in [0.15, 0.2) is 5.82 Å². The summed E-state index contributed by atoms with van der Waals surface area (Å²) in [4.78, 5) is 27.4. The Kier molecular flexibility index (Phi) is 10.4. The summed E-state index contributed by atoms with van der Waals surface area (Å²) in [5.74, 6) is 2.95. The van der Waals surface area contributed by atoms with Crippen LogP contribution in [0.1, 0.15) is 94.3 Å². The lowest BCUT2D eigenvalue weighted by atomic mass is 9.96. The number of hydrogen-bond acceptors (Lipinski definition) is 6. The standard InChI is InChI=1S/C36H50N4O3/c1-10-27-14-13-15-28(11-2)32(27)33-37-26(7)30(23-42-31-22-29(24(4)5)17-16-25(31)6)34(38-33)39-18-20-40(21-19-39)35(41)43-36(8,9)12-3/h13-17,22,24H,10-12,18-21,23H2,1-9H3. The third-order valence-electron chi connectivity index (χ3n) is 8.72. The van der Waals surface area contributed by atoms with Gasteiger partial charge in [0.25, 0.3) is 0 Å². The van der Waals surface area contributed by atoms with E-state index in [9.17, 15) is 4.79 Å². The van der Waals surface area contributed by atoms with Crippen LogP contribution in [0.3, 0.4) is 0 Å². The molecule has 0 atom stereocenters. The number of carbonyl (C=O) groups excluding carboxylic acids is 1. The van der Waals surface area contributed by atoms with Gasteiger partial charge >= 0.3 is 6.09 Å². The van der Waals surface area contributed by atoms with Crippen LogP contribution < -0.4 is 9.64 Å². The van der Waals surface area contributed by atoms with Crippen molar-refractivity contribution in [3.05, 3.63) is 69.9 Å². The molecule has 0 bridgehead atoms. The minimum absolute atomic E-state index is 0.250. The number of piperazine rings is 1. The Morgan fingerprint density at radius 1 is 0.953 bits per heavy atom. The number of ether oxygens (including phenoxy) is 2. The average molecular weight is 587 g/mol. The normalized spacial score (nSPS) is 13.9. The molecule has 1 aliphatic rings. The van der Waals surface area contributed by atoms with E-state index in [0.717, 1.165) is 59.0 Å². The summed E-state index contributed by atoms with van der Waals surface area (Å²) >= 11 is 0. The first-order chi connectivity index (χ1) is 20.5. The molecule has 0 spiro atoms. The number of anilines is 1. The maximum atomic E-state index is 12.9. The SMILES string of the molecule is CCc1cccc(CC)c1-c1nc(C)c(COc2cc(C(C)C)ccc2C)c(N2CCN(C(=O)OC(C)(C)CC)CC2)n1. The number of nitrogens with zero attached hydrogens (tertiary/aromatic N) is 4. The zero-order valence-electron chi connectivity index (χ0n) is 27.7. The van der Waals surface area contributed by atoms with E-state index in [4.69, 9.17) is 19.4 Å². The van der Waals surface area contributed by atoms with Crippen molar-refractivity contribution < 1.29 is 14.3 Å². The molecule has 1 aliphatic heterocycles. The van der Waals surface area contributed by atoms with Crippen LogP contribution in [0, 0.1) is 13.8 Å². The Bertz CT molecular complexity index is 1400. The van der Waals surface area contributed by atoms with Gasteiger partial charge < -0.3 is 19.3 Å². The zero-order valence-corrected chi connectivity index (χ0v) is 27.7. The van der Waals surface area contributed by atoms with Crippen LogP contribution in [0.15, 0.2) is 36.4 Å². The van der Waals surface area contributed by atoms with E-state index in [0.29, 0.717) is 38.7 Å². The maximum absolute atomic E-state index is 12.9. The largest absolute Gasteiger partial charge is 0.488 e. The average Bonchev–Trinajstić information content (AvgIpc) is 3.00. The molecule has 2 aromatic carbocycles. The number of rotatable bonds is 10. The first-order valence-electron chi connectivity index (χ1n) is 15.9. The molecule has 0 radical (unpaired) electrons. The Hall–Kier alpha value is -3.61. The van der Waals surface area contributed by atoms with E-state index in [2.05, 4.69) is 82.8 Å². The molecule has 1 fully saturated rings. The summed E-state index contributed by atoms with van der Waals surface area (Å²) in [6.45, 7) is 21.7. The highest BCUT2D eigenvalue weighted by Gasteiger charge is 2.30. The molecular formula is C36H50N4O3. The summed E-state index contributed by atoms with van der Waals surface area (Å²) < 4.78 is 12.3. The first kappa shape index (κ1) is 32.3. The smallest absolute Gasteiger partial charge is 0.410 e. The van der Waals surface area contributed by atoms with Gasteiger partial charge in [0, 0.05) is 31.7 Å². The van der Waals surface area contributed by atoms with Crippen molar-refractivity contribution in [3.8, 4) is 17.1 Å². The zero-order chi connectivity index (χ0) is 31.3. The number of aromatic nitrogens is 2. The lowest BCUT2D eigenvalue weighted by molar-refractivity contribution is 0.0105. The van der Waals surface area contributed by atoms with E-state index >= 15 is 0 Å². The molecule has 232 valence electrons. The summed E-state index contributed by atoms with van der Waals surface area (Å²) in [6.07, 6.45) is 2.33. The van der Waals surface area contributed by atoms with Crippen LogP contribution in [0.4, 0.5) is 10.6 Å². The topological polar surface area (TPSA) is 67.8 Å². The van der Waals surface area contributed by atoms with Crippen LogP contribution in [-0.4, -0.2) is 52.7 Å². The molecule has 0 N–H and O–H groups in total. The number of benzene rings is 2. The molecule has 2 heterocycles. The van der Waals surface area contributed by atoms with E-state index < -0.39 is 5.60 Å². The number of carbonyl (C=O) groups is 1. The number of hydrogen-bond donors (Lipinski definition) is 0. The van der Waals surface area contributed by atoms with Gasteiger partial charge in [-0.25, -0.2) is 14.8 Å². The van der Waals surface area contributed by atoms with Crippen molar-refractivity contribution in [3.63, 3.8) is 0 Å². The Morgan fingerprint density at radius 2 is 1.60 bits per heavy atom. The predicted octanol–water partition coefficient (Wildman–Crippen LogP) is 8.03. The highest BCUT2D eigenvalue weighted by Crippen LogP contribution is 2.33. The molecule has 0 unspecified atom stereocenters. The fourth-order valence-corrected chi connectivity index (χ4v) is 5.41. The summed E-state index contributed by atoms with van der Waals surface area (Å²) in [5.41, 5.74) is 7.40. The van der Waals surface area contributed by atoms with Gasteiger partial charge in [-0.1, -0.05) is 65.0 Å². The van der Waals surface area contributed by atoms with Gasteiger partial charge in [0.2, 0.25) is 0 Å². The summed E-state index contributed by atoms with van der Waals surface area (Å²) in [7, 11) is 0. The van der Waals surface area contributed by atoms with Crippen molar-refractivity contribution in [1.82, 2.24) is 14.9 Å². The monoisotopic (exact) mass is 586 g/mol. The fraction of sp³-hybridized carbons (Fsp3) is 0.528. The molecule has 43 heavy (non-hydrogen) atoms. The fourth-order valence-electron chi connectivity index (χ4n) is 5.41. The molecule has 1 aromatic heterocycles. The van der Waals surface area contributed by atoms with E-state index in [1.165, 1.54) is 16.7 Å². The summed E-state index contributed by atoms with van der Waals surface area (Å²) in [5, 5.41) is 0. The Morgan fingerprint density at radius 3 is 2.19 bits per heavy atom. The minimum Gasteiger partial charge on any atom is -0.488 e. The van der Waals surface area contributed by atoms with Crippen LogP contribution in [0.25, 0.3) is 11.4 Å². The minimum atomic E-state index is -0.480. The van der Waals surface area contributed by atoms with Crippen molar-refractivity contribution in [2.75, 3.05) is 31.1 Å². The molecule has 7 nitrogen and oxygen atoms in total. The first-order valence-corrected chi connectivity index (χ1v) is 15.9. The van der Waals surface area contributed by atoms with E-state index in [1.54, 1.807) is 4.90 Å². The van der Waals surface area contributed by atoms with Gasteiger partial charge in [-0.3, -0.25) is 0 Å². The highest BCUT2D eigenvalue weighted by molar-refractivity contribution is 5.70. The molecule has 3 aromatic rings. The van der Waals surface area contributed by atoms with E-state index in [1.807, 2.05) is 20.8 Å². The van der Waals surface area contributed by atoms with Crippen LogP contribution >= 0.6 is 0 Å². The van der Waals surface area contributed by atoms with Gasteiger partial charge in [-0.05, 0) is 81.2 Å². The highest BCUT2D eigenvalue weighted by atomic mass is 16.6. The van der Waals surface area contributed by atoms with Gasteiger partial charge in [-0.15, -0.1) is 0 Å². The van der Waals surface area contributed by atoms with Gasteiger partial charge in [-0.2, -0.15) is 0 Å². The number of amides is 1. The molecule has 4 rings (SSSR count). The van der Waals surface area contributed by atoms with Crippen LogP contribution in [-0.2, 0) is 24.2 Å². The van der Waals surface area contributed by atoms with Gasteiger partial charge in [0.1, 0.15) is 23.8 Å². The maximum Gasteiger partial charge on any atom is 0.410 e. The lowest BCUT2D eigenvalue weighted by Crippen LogP contribution is -2.50. The number of aryl methyl sites for hydroxylation is 4. The third kappa shape index (κ3) is 7.49.